The van der Waals surface area contributed by atoms with Crippen LogP contribution in [0.25, 0.3) is 0 Å². The second-order valence-electron chi connectivity index (χ2n) is 3.85. The van der Waals surface area contributed by atoms with Gasteiger partial charge in [0.05, 0.1) is 12.2 Å². The van der Waals surface area contributed by atoms with Crippen LogP contribution in [0.1, 0.15) is 17.2 Å². The van der Waals surface area contributed by atoms with Gasteiger partial charge in [0.2, 0.25) is 0 Å². The van der Waals surface area contributed by atoms with Gasteiger partial charge in [-0.3, -0.25) is 0 Å². The van der Waals surface area contributed by atoms with Crippen molar-refractivity contribution >= 4 is 5.82 Å². The Kier molecular flexibility index (Phi) is 3.64. The highest BCUT2D eigenvalue weighted by Gasteiger charge is 2.32. The van der Waals surface area contributed by atoms with Gasteiger partial charge in [-0.15, -0.1) is 0 Å². The predicted octanol–water partition coefficient (Wildman–Crippen LogP) is 2.81. The zero-order valence-corrected chi connectivity index (χ0v) is 10.1. The van der Waals surface area contributed by atoms with Crippen LogP contribution in [0.5, 0.6) is 0 Å². The monoisotopic (exact) mass is 268 g/mol. The summed E-state index contributed by atoms with van der Waals surface area (Å²) in [5, 5.41) is 2.80. The molecule has 0 fully saturated rings. The highest BCUT2D eigenvalue weighted by molar-refractivity contribution is 5.36. The van der Waals surface area contributed by atoms with E-state index in [4.69, 9.17) is 0 Å². The molecule has 7 heteroatoms. The summed E-state index contributed by atoms with van der Waals surface area (Å²) in [6.07, 6.45) is -2.85. The number of anilines is 1. The molecular formula is C12H11F3N4. The van der Waals surface area contributed by atoms with Gasteiger partial charge in [-0.2, -0.15) is 13.2 Å². The van der Waals surface area contributed by atoms with Gasteiger partial charge in [0.25, 0.3) is 0 Å². The first-order chi connectivity index (χ1) is 8.95. The van der Waals surface area contributed by atoms with Crippen molar-refractivity contribution in [2.45, 2.75) is 19.6 Å². The lowest BCUT2D eigenvalue weighted by Gasteiger charge is -2.09. The number of halogens is 3. The zero-order chi connectivity index (χ0) is 13.9. The largest absolute Gasteiger partial charge is 0.433 e. The van der Waals surface area contributed by atoms with E-state index in [0.29, 0.717) is 11.5 Å². The third kappa shape index (κ3) is 3.64. The number of aromatic nitrogens is 3. The topological polar surface area (TPSA) is 50.7 Å². The van der Waals surface area contributed by atoms with Crippen LogP contribution in [0.3, 0.4) is 0 Å². The lowest BCUT2D eigenvalue weighted by Crippen LogP contribution is -2.10. The van der Waals surface area contributed by atoms with E-state index in [2.05, 4.69) is 20.3 Å². The molecule has 0 spiro atoms. The maximum Gasteiger partial charge on any atom is 0.433 e. The van der Waals surface area contributed by atoms with Gasteiger partial charge in [0, 0.05) is 6.20 Å². The van der Waals surface area contributed by atoms with Crippen molar-refractivity contribution in [1.82, 2.24) is 15.0 Å². The highest BCUT2D eigenvalue weighted by atomic mass is 19.4. The van der Waals surface area contributed by atoms with Gasteiger partial charge in [-0.1, -0.05) is 6.07 Å². The number of alkyl halides is 3. The highest BCUT2D eigenvalue weighted by Crippen LogP contribution is 2.28. The second kappa shape index (κ2) is 5.21. The van der Waals surface area contributed by atoms with Crippen molar-refractivity contribution in [2.75, 3.05) is 5.32 Å². The van der Waals surface area contributed by atoms with Crippen molar-refractivity contribution in [3.8, 4) is 0 Å². The molecule has 1 N–H and O–H groups in total. The average Bonchev–Trinajstić information content (AvgIpc) is 2.36. The Morgan fingerprint density at radius 3 is 2.63 bits per heavy atom. The van der Waals surface area contributed by atoms with E-state index in [9.17, 15) is 13.2 Å². The second-order valence-corrected chi connectivity index (χ2v) is 3.85. The number of nitrogens with one attached hydrogen (secondary N) is 1. The first kappa shape index (κ1) is 13.3. The van der Waals surface area contributed by atoms with Crippen molar-refractivity contribution in [1.29, 1.82) is 0 Å². The molecule has 0 aliphatic rings. The summed E-state index contributed by atoms with van der Waals surface area (Å²) in [4.78, 5) is 11.6. The van der Waals surface area contributed by atoms with Gasteiger partial charge in [0.15, 0.2) is 0 Å². The van der Waals surface area contributed by atoms with Crippen molar-refractivity contribution in [2.24, 2.45) is 0 Å². The van der Waals surface area contributed by atoms with Crippen LogP contribution in [-0.2, 0) is 12.7 Å². The number of hydrogen-bond acceptors (Lipinski definition) is 4. The summed E-state index contributed by atoms with van der Waals surface area (Å²) in [6, 6.07) is 5.40. The van der Waals surface area contributed by atoms with Crippen LogP contribution in [0.4, 0.5) is 19.0 Å². The molecule has 0 bridgehead atoms. The fourth-order valence-corrected chi connectivity index (χ4v) is 1.48. The number of rotatable bonds is 3. The number of nitrogens with zero attached hydrogens (tertiary/aromatic N) is 3. The van der Waals surface area contributed by atoms with Crippen LogP contribution in [0, 0.1) is 6.92 Å². The molecule has 2 heterocycles. The normalized spacial score (nSPS) is 11.4. The molecule has 0 amide bonds. The minimum absolute atomic E-state index is 0.158. The van der Waals surface area contributed by atoms with Gasteiger partial charge in [0.1, 0.15) is 17.3 Å². The molecule has 0 radical (unpaired) electrons. The third-order valence-corrected chi connectivity index (χ3v) is 2.32. The summed E-state index contributed by atoms with van der Waals surface area (Å²) < 4.78 is 37.4. The number of hydrogen-bond donors (Lipinski definition) is 1. The zero-order valence-electron chi connectivity index (χ0n) is 10.1. The number of aryl methyl sites for hydroxylation is 1. The maximum atomic E-state index is 12.5. The Morgan fingerprint density at radius 2 is 1.95 bits per heavy atom. The Balaban J connectivity index is 2.08. The van der Waals surface area contributed by atoms with Gasteiger partial charge < -0.3 is 5.32 Å². The summed E-state index contributed by atoms with van der Waals surface area (Å²) in [5.74, 6) is 0.766. The molecule has 0 atom stereocenters. The molecule has 2 rings (SSSR count). The fraction of sp³-hybridized carbons (Fsp3) is 0.250. The van der Waals surface area contributed by atoms with Crippen molar-refractivity contribution < 1.29 is 13.2 Å². The van der Waals surface area contributed by atoms with Gasteiger partial charge in [-0.05, 0) is 25.1 Å². The molecule has 19 heavy (non-hydrogen) atoms. The fourth-order valence-electron chi connectivity index (χ4n) is 1.48. The molecule has 0 aromatic carbocycles. The van der Waals surface area contributed by atoms with Crippen LogP contribution < -0.4 is 5.32 Å². The van der Waals surface area contributed by atoms with E-state index < -0.39 is 11.9 Å². The van der Waals surface area contributed by atoms with E-state index in [1.165, 1.54) is 12.1 Å². The summed E-state index contributed by atoms with van der Waals surface area (Å²) in [7, 11) is 0. The third-order valence-electron chi connectivity index (χ3n) is 2.32. The molecule has 4 nitrogen and oxygen atoms in total. The Hall–Kier alpha value is -2.18. The first-order valence-electron chi connectivity index (χ1n) is 5.52. The number of pyridine rings is 1. The van der Waals surface area contributed by atoms with Gasteiger partial charge >= 0.3 is 6.18 Å². The lowest BCUT2D eigenvalue weighted by atomic mass is 10.3. The van der Waals surface area contributed by atoms with E-state index >= 15 is 0 Å². The standard InChI is InChI=1S/C12H11F3N4/c1-8-16-6-5-9(18-8)7-17-11-4-2-3-10(19-11)12(13,14)15/h2-6H,7H2,1H3,(H,17,19). The summed E-state index contributed by atoms with van der Waals surface area (Å²) >= 11 is 0. The molecule has 0 saturated heterocycles. The molecule has 0 saturated carbocycles. The van der Waals surface area contributed by atoms with E-state index in [1.807, 2.05) is 0 Å². The summed E-state index contributed by atoms with van der Waals surface area (Å²) in [6.45, 7) is 2.03. The molecule has 2 aromatic rings. The van der Waals surface area contributed by atoms with Crippen molar-refractivity contribution in [3.63, 3.8) is 0 Å². The summed E-state index contributed by atoms with van der Waals surface area (Å²) in [5.41, 5.74) is -0.233. The minimum atomic E-state index is -4.44. The average molecular weight is 268 g/mol. The van der Waals surface area contributed by atoms with Crippen LogP contribution >= 0.6 is 0 Å². The smallest absolute Gasteiger partial charge is 0.364 e. The van der Waals surface area contributed by atoms with Gasteiger partial charge in [-0.25, -0.2) is 15.0 Å². The molecule has 0 aliphatic carbocycles. The SMILES string of the molecule is Cc1nccc(CNc2cccc(C(F)(F)F)n2)n1. The maximum absolute atomic E-state index is 12.5. The Morgan fingerprint density at radius 1 is 1.16 bits per heavy atom. The minimum Gasteiger partial charge on any atom is -0.364 e. The van der Waals surface area contributed by atoms with Crippen LogP contribution in [-0.4, -0.2) is 15.0 Å². The first-order valence-corrected chi connectivity index (χ1v) is 5.52. The van der Waals surface area contributed by atoms with Crippen LogP contribution in [0.2, 0.25) is 0 Å². The van der Waals surface area contributed by atoms with E-state index in [1.54, 1.807) is 19.2 Å². The molecular weight excluding hydrogens is 257 g/mol. The van der Waals surface area contributed by atoms with E-state index in [-0.39, 0.29) is 12.4 Å². The molecule has 0 aliphatic heterocycles. The quantitative estimate of drug-likeness (QED) is 0.930. The molecule has 100 valence electrons. The lowest BCUT2D eigenvalue weighted by molar-refractivity contribution is -0.141. The van der Waals surface area contributed by atoms with E-state index in [0.717, 1.165) is 6.07 Å². The Bertz CT molecular complexity index is 569. The Labute approximate surface area is 107 Å². The predicted molar refractivity (Wildman–Crippen MR) is 63.3 cm³/mol. The van der Waals surface area contributed by atoms with Crippen molar-refractivity contribution in [3.05, 3.63) is 47.7 Å². The van der Waals surface area contributed by atoms with Crippen LogP contribution in [0.15, 0.2) is 30.5 Å². The molecule has 0 unspecified atom stereocenters. The molecule has 2 aromatic heterocycles.